The van der Waals surface area contributed by atoms with E-state index in [0.29, 0.717) is 16.9 Å². The van der Waals surface area contributed by atoms with Crippen molar-refractivity contribution in [3.63, 3.8) is 0 Å². The number of carbonyl (C=O) groups is 1. The number of amides is 1. The number of thiazole rings is 1. The number of H-pyrrole nitrogens is 1. The van der Waals surface area contributed by atoms with Crippen LogP contribution in [0.2, 0.25) is 0 Å². The Hall–Kier alpha value is -1.47. The molecule has 0 saturated carbocycles. The molecular formula is C12H15N3O2S2. The highest BCUT2D eigenvalue weighted by atomic mass is 32.1. The van der Waals surface area contributed by atoms with Gasteiger partial charge in [0.05, 0.1) is 12.1 Å². The van der Waals surface area contributed by atoms with Crippen LogP contribution in [0.4, 0.5) is 0 Å². The number of rotatable bonds is 4. The molecule has 7 heteroatoms. The molecule has 0 aliphatic heterocycles. The van der Waals surface area contributed by atoms with Crippen molar-refractivity contribution in [3.05, 3.63) is 31.5 Å². The topological polar surface area (TPSA) is 70.9 Å². The molecule has 2 aromatic heterocycles. The zero-order valence-electron chi connectivity index (χ0n) is 11.0. The Morgan fingerprint density at radius 1 is 1.47 bits per heavy atom. The summed E-state index contributed by atoms with van der Waals surface area (Å²) in [4.78, 5) is 15.9. The summed E-state index contributed by atoms with van der Waals surface area (Å²) in [5.41, 5.74) is 2.71. The molecule has 19 heavy (non-hydrogen) atoms. The Morgan fingerprint density at radius 2 is 2.21 bits per heavy atom. The molecule has 2 aromatic rings. The van der Waals surface area contributed by atoms with E-state index >= 15 is 0 Å². The van der Waals surface area contributed by atoms with E-state index in [1.807, 2.05) is 20.8 Å². The molecule has 0 aliphatic rings. The Bertz CT molecular complexity index is 635. The lowest BCUT2D eigenvalue weighted by Crippen LogP contribution is -2.24. The van der Waals surface area contributed by atoms with E-state index in [9.17, 15) is 4.79 Å². The first-order valence-electron chi connectivity index (χ1n) is 5.84. The van der Waals surface area contributed by atoms with Crippen LogP contribution in [0.5, 0.6) is 0 Å². The monoisotopic (exact) mass is 297 g/mol. The van der Waals surface area contributed by atoms with E-state index in [-0.39, 0.29) is 5.91 Å². The molecule has 0 spiro atoms. The van der Waals surface area contributed by atoms with Crippen LogP contribution in [0, 0.1) is 24.7 Å². The van der Waals surface area contributed by atoms with Gasteiger partial charge in [0, 0.05) is 22.7 Å². The van der Waals surface area contributed by atoms with Crippen LogP contribution in [-0.4, -0.2) is 16.0 Å². The number of carbonyl (C=O) groups excluding carboxylic acids is 1. The second kappa shape index (κ2) is 5.66. The molecule has 0 saturated heterocycles. The standard InChI is InChI=1S/C12H15N3O2S2/c1-6-9(8(3)17-15-6)5-13-11(16)4-10-7(2)14-12(18)19-10/h4-5H2,1-3H3,(H,13,16)(H,14,18). The van der Waals surface area contributed by atoms with Gasteiger partial charge in [0.1, 0.15) is 5.76 Å². The highest BCUT2D eigenvalue weighted by Gasteiger charge is 2.12. The van der Waals surface area contributed by atoms with Gasteiger partial charge < -0.3 is 14.8 Å². The summed E-state index contributed by atoms with van der Waals surface area (Å²) in [5.74, 6) is 0.708. The quantitative estimate of drug-likeness (QED) is 0.851. The zero-order chi connectivity index (χ0) is 14.0. The Labute approximate surface area is 120 Å². The van der Waals surface area contributed by atoms with Gasteiger partial charge in [0.25, 0.3) is 0 Å². The number of aromatic nitrogens is 2. The molecule has 0 fully saturated rings. The average molecular weight is 297 g/mol. The van der Waals surface area contributed by atoms with Crippen molar-refractivity contribution in [3.8, 4) is 0 Å². The molecule has 5 nitrogen and oxygen atoms in total. The fourth-order valence-corrected chi connectivity index (χ4v) is 3.05. The molecule has 2 rings (SSSR count). The molecule has 2 heterocycles. The van der Waals surface area contributed by atoms with E-state index in [2.05, 4.69) is 15.5 Å². The van der Waals surface area contributed by atoms with Crippen molar-refractivity contribution in [1.82, 2.24) is 15.5 Å². The lowest BCUT2D eigenvalue weighted by atomic mass is 10.2. The highest BCUT2D eigenvalue weighted by Crippen LogP contribution is 2.15. The van der Waals surface area contributed by atoms with Gasteiger partial charge in [0.2, 0.25) is 5.91 Å². The van der Waals surface area contributed by atoms with Crippen molar-refractivity contribution in [2.24, 2.45) is 0 Å². The van der Waals surface area contributed by atoms with Gasteiger partial charge >= 0.3 is 0 Å². The summed E-state index contributed by atoms with van der Waals surface area (Å²) in [6, 6.07) is 0. The Morgan fingerprint density at radius 3 is 2.74 bits per heavy atom. The zero-order valence-corrected chi connectivity index (χ0v) is 12.6. The van der Waals surface area contributed by atoms with Crippen LogP contribution in [0.15, 0.2) is 4.52 Å². The maximum Gasteiger partial charge on any atom is 0.225 e. The van der Waals surface area contributed by atoms with Crippen molar-refractivity contribution >= 4 is 29.5 Å². The van der Waals surface area contributed by atoms with E-state index in [1.54, 1.807) is 0 Å². The van der Waals surface area contributed by atoms with Crippen molar-refractivity contribution in [2.45, 2.75) is 33.7 Å². The largest absolute Gasteiger partial charge is 0.361 e. The van der Waals surface area contributed by atoms with Crippen molar-refractivity contribution in [1.29, 1.82) is 0 Å². The molecule has 0 atom stereocenters. The van der Waals surface area contributed by atoms with Gasteiger partial charge in [-0.25, -0.2) is 0 Å². The van der Waals surface area contributed by atoms with Crippen LogP contribution in [0.25, 0.3) is 0 Å². The fourth-order valence-electron chi connectivity index (χ4n) is 1.75. The second-order valence-corrected chi connectivity index (χ2v) is 6.09. The number of hydrogen-bond donors (Lipinski definition) is 2. The minimum absolute atomic E-state index is 0.0339. The third-order valence-corrected chi connectivity index (χ3v) is 4.22. The minimum Gasteiger partial charge on any atom is -0.361 e. The number of nitrogens with zero attached hydrogens (tertiary/aromatic N) is 1. The summed E-state index contributed by atoms with van der Waals surface area (Å²) in [7, 11) is 0. The number of aromatic amines is 1. The number of aryl methyl sites for hydroxylation is 3. The highest BCUT2D eigenvalue weighted by molar-refractivity contribution is 7.73. The van der Waals surface area contributed by atoms with Crippen LogP contribution >= 0.6 is 23.6 Å². The lowest BCUT2D eigenvalue weighted by molar-refractivity contribution is -0.120. The maximum absolute atomic E-state index is 11.9. The first-order valence-corrected chi connectivity index (χ1v) is 7.07. The Kier molecular flexibility index (Phi) is 4.16. The van der Waals surface area contributed by atoms with Gasteiger partial charge in [-0.1, -0.05) is 5.16 Å². The number of hydrogen-bond acceptors (Lipinski definition) is 5. The second-order valence-electron chi connectivity index (χ2n) is 4.32. The summed E-state index contributed by atoms with van der Waals surface area (Å²) in [5, 5.41) is 6.72. The smallest absolute Gasteiger partial charge is 0.225 e. The SMILES string of the molecule is Cc1noc(C)c1CNC(=O)Cc1sc(=S)[nH]c1C. The van der Waals surface area contributed by atoms with E-state index in [4.69, 9.17) is 16.7 Å². The van der Waals surface area contributed by atoms with Gasteiger partial charge in [-0.05, 0) is 33.0 Å². The van der Waals surface area contributed by atoms with Crippen LogP contribution in [0.3, 0.4) is 0 Å². The molecule has 0 radical (unpaired) electrons. The molecule has 1 amide bonds. The first-order chi connectivity index (χ1) is 8.97. The average Bonchev–Trinajstić information content (AvgIpc) is 2.81. The third kappa shape index (κ3) is 3.30. The van der Waals surface area contributed by atoms with Gasteiger partial charge in [-0.3, -0.25) is 4.79 Å². The normalized spacial score (nSPS) is 10.7. The van der Waals surface area contributed by atoms with Crippen LogP contribution in [-0.2, 0) is 17.8 Å². The van der Waals surface area contributed by atoms with E-state index in [1.165, 1.54) is 11.3 Å². The summed E-state index contributed by atoms with van der Waals surface area (Å²) in [6.45, 7) is 6.06. The summed E-state index contributed by atoms with van der Waals surface area (Å²) < 4.78 is 5.75. The molecule has 102 valence electrons. The van der Waals surface area contributed by atoms with Crippen LogP contribution < -0.4 is 5.32 Å². The predicted molar refractivity (Wildman–Crippen MR) is 75.8 cm³/mol. The maximum atomic E-state index is 11.9. The van der Waals surface area contributed by atoms with Crippen LogP contribution in [0.1, 0.15) is 27.6 Å². The molecular weight excluding hydrogens is 282 g/mol. The van der Waals surface area contributed by atoms with Crippen molar-refractivity contribution in [2.75, 3.05) is 0 Å². The molecule has 0 aromatic carbocycles. The summed E-state index contributed by atoms with van der Waals surface area (Å²) in [6.07, 6.45) is 0.340. The summed E-state index contributed by atoms with van der Waals surface area (Å²) >= 11 is 6.49. The predicted octanol–water partition coefficient (Wildman–Crippen LogP) is 2.58. The first kappa shape index (κ1) is 14.0. The van der Waals surface area contributed by atoms with Gasteiger partial charge in [-0.15, -0.1) is 11.3 Å². The van der Waals surface area contributed by atoms with E-state index in [0.717, 1.165) is 27.6 Å². The molecule has 0 unspecified atom stereocenters. The minimum atomic E-state index is -0.0339. The lowest BCUT2D eigenvalue weighted by Gasteiger charge is -2.04. The number of nitrogens with one attached hydrogen (secondary N) is 2. The van der Waals surface area contributed by atoms with Gasteiger partial charge in [-0.2, -0.15) is 0 Å². The Balaban J connectivity index is 1.96. The van der Waals surface area contributed by atoms with E-state index < -0.39 is 0 Å². The fraction of sp³-hybridized carbons (Fsp3) is 0.417. The van der Waals surface area contributed by atoms with Crippen molar-refractivity contribution < 1.29 is 9.32 Å². The molecule has 0 bridgehead atoms. The third-order valence-electron chi connectivity index (χ3n) is 2.89. The molecule has 2 N–H and O–H groups in total. The molecule has 0 aliphatic carbocycles. The van der Waals surface area contributed by atoms with Gasteiger partial charge in [0.15, 0.2) is 3.95 Å².